The summed E-state index contributed by atoms with van der Waals surface area (Å²) in [5.41, 5.74) is -1.12. The number of amides is 2. The summed E-state index contributed by atoms with van der Waals surface area (Å²) in [7, 11) is 1.61. The number of carbonyl (C=O) groups is 2. The molecule has 2 N–H and O–H groups in total. The number of aryl methyl sites for hydroxylation is 1. The molecule has 0 bridgehead atoms. The molecule has 1 fully saturated rings. The topological polar surface area (TPSA) is 93.1 Å². The summed E-state index contributed by atoms with van der Waals surface area (Å²) < 4.78 is 15.3. The van der Waals surface area contributed by atoms with Gasteiger partial charge in [0.15, 0.2) is 0 Å². The van der Waals surface area contributed by atoms with Crippen LogP contribution in [-0.2, 0) is 15.0 Å². The summed E-state index contributed by atoms with van der Waals surface area (Å²) in [5, 5.41) is 5.57. The summed E-state index contributed by atoms with van der Waals surface area (Å²) in [4.78, 5) is 41.6. The van der Waals surface area contributed by atoms with Gasteiger partial charge in [0.1, 0.15) is 19.5 Å². The number of fused-ring (bicyclic) bond motifs is 1. The largest absolute Gasteiger partial charge is 0.382 e. The van der Waals surface area contributed by atoms with Crippen LogP contribution in [0.5, 0.6) is 0 Å². The second-order valence-corrected chi connectivity index (χ2v) is 7.10. The Kier molecular flexibility index (Phi) is 4.33. The zero-order valence-electron chi connectivity index (χ0n) is 15.1. The zero-order chi connectivity index (χ0) is 19.2. The lowest BCUT2D eigenvalue weighted by molar-refractivity contribution is -0.137. The third kappa shape index (κ3) is 2.87. The van der Waals surface area contributed by atoms with E-state index in [-0.39, 0.29) is 41.5 Å². The van der Waals surface area contributed by atoms with Gasteiger partial charge in [-0.05, 0) is 33.3 Å². The summed E-state index contributed by atoms with van der Waals surface area (Å²) in [6.07, 6.45) is 0.326. The zero-order valence-corrected chi connectivity index (χ0v) is 15.1. The van der Waals surface area contributed by atoms with Gasteiger partial charge in [-0.2, -0.15) is 0 Å². The molecular formula is C17H20BFN4O3. The van der Waals surface area contributed by atoms with E-state index in [2.05, 4.69) is 15.6 Å². The molecule has 2 aromatic rings. The molecule has 1 aromatic carbocycles. The van der Waals surface area contributed by atoms with E-state index in [1.807, 2.05) is 13.8 Å². The minimum atomic E-state index is -1.24. The lowest BCUT2D eigenvalue weighted by Gasteiger charge is -2.35. The first-order valence-corrected chi connectivity index (χ1v) is 8.47. The number of rotatable bonds is 3. The summed E-state index contributed by atoms with van der Waals surface area (Å²) in [6, 6.07) is 2.42. The predicted octanol–water partition coefficient (Wildman–Crippen LogP) is 0.387. The Hall–Kier alpha value is -2.71. The first kappa shape index (κ1) is 18.1. The van der Waals surface area contributed by atoms with Gasteiger partial charge in [0, 0.05) is 18.5 Å². The van der Waals surface area contributed by atoms with Crippen molar-refractivity contribution in [1.82, 2.24) is 14.9 Å². The fourth-order valence-electron chi connectivity index (χ4n) is 3.40. The molecular weight excluding hydrogens is 338 g/mol. The van der Waals surface area contributed by atoms with Crippen molar-refractivity contribution < 1.29 is 14.0 Å². The number of benzene rings is 1. The van der Waals surface area contributed by atoms with Crippen molar-refractivity contribution >= 4 is 36.3 Å². The SMILES string of the molecule is BC1(n2c(C)nc3cc(F)cc(NC(C)C)c3c2=O)CCC(=O)NC1=O. The number of carbonyl (C=O) groups excluding carboxylic acids is 2. The van der Waals surface area contributed by atoms with E-state index >= 15 is 0 Å². The van der Waals surface area contributed by atoms with Crippen molar-refractivity contribution in [2.45, 2.75) is 45.1 Å². The van der Waals surface area contributed by atoms with Crippen LogP contribution in [0, 0.1) is 12.7 Å². The molecule has 7 nitrogen and oxygen atoms in total. The van der Waals surface area contributed by atoms with Crippen LogP contribution in [-0.4, -0.2) is 35.3 Å². The number of halogens is 1. The highest BCUT2D eigenvalue weighted by molar-refractivity contribution is 6.28. The van der Waals surface area contributed by atoms with Gasteiger partial charge >= 0.3 is 0 Å². The second-order valence-electron chi connectivity index (χ2n) is 7.10. The Morgan fingerprint density at radius 1 is 1.35 bits per heavy atom. The first-order chi connectivity index (χ1) is 12.1. The van der Waals surface area contributed by atoms with Crippen molar-refractivity contribution in [2.75, 3.05) is 5.32 Å². The number of hydrogen-bond acceptors (Lipinski definition) is 5. The molecule has 0 saturated carbocycles. The fraction of sp³-hybridized carbons (Fsp3) is 0.412. The highest BCUT2D eigenvalue weighted by atomic mass is 19.1. The van der Waals surface area contributed by atoms with Gasteiger partial charge in [-0.25, -0.2) is 9.37 Å². The first-order valence-electron chi connectivity index (χ1n) is 8.47. The van der Waals surface area contributed by atoms with Crippen molar-refractivity contribution in [3.05, 3.63) is 34.1 Å². The Labute approximate surface area is 150 Å². The molecule has 1 aromatic heterocycles. The van der Waals surface area contributed by atoms with Gasteiger partial charge < -0.3 is 5.32 Å². The average Bonchev–Trinajstić information content (AvgIpc) is 2.50. The molecule has 3 rings (SSSR count). The van der Waals surface area contributed by atoms with Crippen LogP contribution in [0.3, 0.4) is 0 Å². The molecule has 9 heteroatoms. The molecule has 26 heavy (non-hydrogen) atoms. The van der Waals surface area contributed by atoms with Crippen LogP contribution in [0.25, 0.3) is 10.9 Å². The fourth-order valence-corrected chi connectivity index (χ4v) is 3.40. The molecule has 136 valence electrons. The molecule has 0 aliphatic carbocycles. The minimum absolute atomic E-state index is 0.0275. The molecule has 1 unspecified atom stereocenters. The molecule has 0 radical (unpaired) electrons. The molecule has 2 heterocycles. The smallest absolute Gasteiger partial charge is 0.263 e. The highest BCUT2D eigenvalue weighted by Gasteiger charge is 2.42. The van der Waals surface area contributed by atoms with Gasteiger partial charge in [0.25, 0.3) is 5.56 Å². The molecule has 2 amide bonds. The normalized spacial score (nSPS) is 20.5. The maximum absolute atomic E-state index is 14.0. The lowest BCUT2D eigenvalue weighted by atomic mass is 9.71. The number of nitrogens with zero attached hydrogens (tertiary/aromatic N) is 2. The minimum Gasteiger partial charge on any atom is -0.382 e. The molecule has 1 saturated heterocycles. The number of piperidine rings is 1. The lowest BCUT2D eigenvalue weighted by Crippen LogP contribution is -2.58. The van der Waals surface area contributed by atoms with Crippen LogP contribution in [0.15, 0.2) is 16.9 Å². The predicted molar refractivity (Wildman–Crippen MR) is 98.4 cm³/mol. The third-order valence-electron chi connectivity index (χ3n) is 4.62. The van der Waals surface area contributed by atoms with E-state index in [0.29, 0.717) is 5.69 Å². The Balaban J connectivity index is 2.31. The number of hydrogen-bond donors (Lipinski definition) is 2. The number of imide groups is 1. The van der Waals surface area contributed by atoms with Gasteiger partial charge in [0.2, 0.25) is 11.8 Å². The van der Waals surface area contributed by atoms with Crippen LogP contribution in [0.1, 0.15) is 32.5 Å². The quantitative estimate of drug-likeness (QED) is 0.612. The van der Waals surface area contributed by atoms with Crippen molar-refractivity contribution in [3.8, 4) is 0 Å². The van der Waals surface area contributed by atoms with E-state index < -0.39 is 22.7 Å². The van der Waals surface area contributed by atoms with E-state index in [0.717, 1.165) is 0 Å². The van der Waals surface area contributed by atoms with Crippen LogP contribution in [0.4, 0.5) is 10.1 Å². The number of anilines is 1. The summed E-state index contributed by atoms with van der Waals surface area (Å²) in [5.74, 6) is -1.12. The molecule has 1 aliphatic rings. The Morgan fingerprint density at radius 2 is 2.04 bits per heavy atom. The van der Waals surface area contributed by atoms with E-state index in [1.165, 1.54) is 16.7 Å². The average molecular weight is 358 g/mol. The summed E-state index contributed by atoms with van der Waals surface area (Å²) >= 11 is 0. The van der Waals surface area contributed by atoms with Crippen LogP contribution in [0.2, 0.25) is 0 Å². The van der Waals surface area contributed by atoms with Gasteiger partial charge in [-0.15, -0.1) is 0 Å². The second kappa shape index (κ2) is 6.23. The van der Waals surface area contributed by atoms with Crippen molar-refractivity contribution in [2.24, 2.45) is 0 Å². The molecule has 0 spiro atoms. The summed E-state index contributed by atoms with van der Waals surface area (Å²) in [6.45, 7) is 5.34. The van der Waals surface area contributed by atoms with E-state index in [9.17, 15) is 18.8 Å². The van der Waals surface area contributed by atoms with Crippen molar-refractivity contribution in [3.63, 3.8) is 0 Å². The van der Waals surface area contributed by atoms with Gasteiger partial charge in [-0.1, -0.05) is 0 Å². The van der Waals surface area contributed by atoms with Gasteiger partial charge in [-0.3, -0.25) is 24.3 Å². The monoisotopic (exact) mass is 358 g/mol. The highest BCUT2D eigenvalue weighted by Crippen LogP contribution is 2.27. The van der Waals surface area contributed by atoms with Crippen molar-refractivity contribution in [1.29, 1.82) is 0 Å². The number of aromatic nitrogens is 2. The van der Waals surface area contributed by atoms with E-state index in [1.54, 1.807) is 14.8 Å². The standard InChI is InChI=1S/C17H20BFN4O3/c1-8(2)20-11-6-10(19)7-12-14(11)15(25)23(9(3)21-12)17(18)5-4-13(24)22-16(17)26/h6-8,20H,4-5,18H2,1-3H3,(H,22,24,26). The van der Waals surface area contributed by atoms with Gasteiger partial charge in [0.05, 0.1) is 22.0 Å². The van der Waals surface area contributed by atoms with E-state index in [4.69, 9.17) is 0 Å². The third-order valence-corrected chi connectivity index (χ3v) is 4.62. The molecule has 1 aliphatic heterocycles. The maximum atomic E-state index is 14.0. The maximum Gasteiger partial charge on any atom is 0.263 e. The Bertz CT molecular complexity index is 988. The number of nitrogens with one attached hydrogen (secondary N) is 2. The van der Waals surface area contributed by atoms with Crippen LogP contribution < -0.4 is 16.2 Å². The molecule has 1 atom stereocenters. The Morgan fingerprint density at radius 3 is 2.65 bits per heavy atom. The van der Waals surface area contributed by atoms with Crippen LogP contribution >= 0.6 is 0 Å².